The van der Waals surface area contributed by atoms with Crippen molar-refractivity contribution in [3.8, 4) is 0 Å². The molecule has 1 saturated heterocycles. The van der Waals surface area contributed by atoms with E-state index < -0.39 is 0 Å². The molecule has 0 aromatic rings. The lowest BCUT2D eigenvalue weighted by Crippen LogP contribution is -2.41. The highest BCUT2D eigenvalue weighted by atomic mass is 16.2. The van der Waals surface area contributed by atoms with E-state index in [0.29, 0.717) is 0 Å². The van der Waals surface area contributed by atoms with Crippen LogP contribution < -0.4 is 5.32 Å². The van der Waals surface area contributed by atoms with Gasteiger partial charge < -0.3 is 10.2 Å². The second-order valence-electron chi connectivity index (χ2n) is 6.45. The third-order valence-electron chi connectivity index (χ3n) is 3.81. The number of nitrogens with one attached hydrogen (secondary N) is 1. The van der Waals surface area contributed by atoms with Gasteiger partial charge in [-0.15, -0.1) is 0 Å². The van der Waals surface area contributed by atoms with Gasteiger partial charge >= 0.3 is 0 Å². The second-order valence-corrected chi connectivity index (χ2v) is 6.45. The van der Waals surface area contributed by atoms with Gasteiger partial charge in [0.2, 0.25) is 5.91 Å². The Bertz CT molecular complexity index is 258. The Morgan fingerprint density at radius 2 is 2.06 bits per heavy atom. The first-order valence-electron chi connectivity index (χ1n) is 7.47. The number of rotatable bonds is 5. The minimum atomic E-state index is -0.267. The molecule has 1 unspecified atom stereocenters. The van der Waals surface area contributed by atoms with Crippen LogP contribution >= 0.6 is 0 Å². The van der Waals surface area contributed by atoms with E-state index in [2.05, 4.69) is 17.1 Å². The zero-order valence-electron chi connectivity index (χ0n) is 12.6. The van der Waals surface area contributed by atoms with E-state index >= 15 is 0 Å². The zero-order chi connectivity index (χ0) is 13.6. The van der Waals surface area contributed by atoms with Crippen molar-refractivity contribution in [3.05, 3.63) is 0 Å². The Morgan fingerprint density at radius 1 is 1.33 bits per heavy atom. The maximum atomic E-state index is 11.7. The van der Waals surface area contributed by atoms with Gasteiger partial charge in [0.25, 0.3) is 0 Å². The monoisotopic (exact) mass is 254 g/mol. The molecule has 106 valence electrons. The second kappa shape index (κ2) is 7.13. The summed E-state index contributed by atoms with van der Waals surface area (Å²) in [6.45, 7) is 11.3. The fourth-order valence-electron chi connectivity index (χ4n) is 2.57. The third-order valence-corrected chi connectivity index (χ3v) is 3.81. The number of piperidine rings is 1. The minimum Gasteiger partial charge on any atom is -0.356 e. The molecular formula is C15H30N2O. The molecule has 1 amide bonds. The summed E-state index contributed by atoms with van der Waals surface area (Å²) < 4.78 is 0. The summed E-state index contributed by atoms with van der Waals surface area (Å²) in [6.07, 6.45) is 6.40. The standard InChI is InChI=1S/C15H30N2O/c1-5-13-9-6-7-11-17(13)12-8-10-16-14(18)15(2,3)4/h13H,5-12H2,1-4H3,(H,16,18). The number of likely N-dealkylation sites (tertiary alicyclic amines) is 1. The normalized spacial score (nSPS) is 21.9. The number of carbonyl (C=O) groups excluding carboxylic acids is 1. The van der Waals surface area contributed by atoms with E-state index in [1.54, 1.807) is 0 Å². The first-order valence-corrected chi connectivity index (χ1v) is 7.47. The van der Waals surface area contributed by atoms with Gasteiger partial charge in [-0.2, -0.15) is 0 Å². The molecule has 0 aliphatic carbocycles. The molecule has 0 bridgehead atoms. The Balaban J connectivity index is 2.19. The molecule has 1 aliphatic heterocycles. The molecule has 0 spiro atoms. The molecule has 1 heterocycles. The molecule has 18 heavy (non-hydrogen) atoms. The molecule has 1 fully saturated rings. The minimum absolute atomic E-state index is 0.160. The van der Waals surface area contributed by atoms with Crippen molar-refractivity contribution < 1.29 is 4.79 Å². The maximum Gasteiger partial charge on any atom is 0.225 e. The molecule has 0 radical (unpaired) electrons. The van der Waals surface area contributed by atoms with E-state index in [4.69, 9.17) is 0 Å². The summed E-state index contributed by atoms with van der Waals surface area (Å²) in [5, 5.41) is 3.03. The van der Waals surface area contributed by atoms with Gasteiger partial charge in [-0.1, -0.05) is 34.1 Å². The third kappa shape index (κ3) is 4.97. The van der Waals surface area contributed by atoms with Crippen LogP contribution in [0.25, 0.3) is 0 Å². The van der Waals surface area contributed by atoms with E-state index in [0.717, 1.165) is 25.6 Å². The highest BCUT2D eigenvalue weighted by Crippen LogP contribution is 2.19. The van der Waals surface area contributed by atoms with Crippen LogP contribution in [-0.4, -0.2) is 36.5 Å². The van der Waals surface area contributed by atoms with Gasteiger partial charge in [-0.3, -0.25) is 4.79 Å². The summed E-state index contributed by atoms with van der Waals surface area (Å²) in [5.74, 6) is 0.160. The summed E-state index contributed by atoms with van der Waals surface area (Å²) >= 11 is 0. The Kier molecular flexibility index (Phi) is 6.13. The molecule has 0 aromatic carbocycles. The van der Waals surface area contributed by atoms with Crippen LogP contribution in [0, 0.1) is 5.41 Å². The predicted octanol–water partition coefficient (Wildman–Crippen LogP) is 2.80. The first kappa shape index (κ1) is 15.5. The lowest BCUT2D eigenvalue weighted by atomic mass is 9.96. The average Bonchev–Trinajstić information content (AvgIpc) is 2.33. The number of hydrogen-bond donors (Lipinski definition) is 1. The highest BCUT2D eigenvalue weighted by Gasteiger charge is 2.22. The highest BCUT2D eigenvalue weighted by molar-refractivity contribution is 5.81. The van der Waals surface area contributed by atoms with E-state index in [1.165, 1.54) is 32.2 Å². The molecular weight excluding hydrogens is 224 g/mol. The topological polar surface area (TPSA) is 32.3 Å². The summed E-state index contributed by atoms with van der Waals surface area (Å²) in [7, 11) is 0. The van der Waals surface area contributed by atoms with E-state index in [9.17, 15) is 4.79 Å². The SMILES string of the molecule is CCC1CCCCN1CCCNC(=O)C(C)(C)C. The number of hydrogen-bond acceptors (Lipinski definition) is 2. The molecule has 0 saturated carbocycles. The molecule has 3 nitrogen and oxygen atoms in total. The lowest BCUT2D eigenvalue weighted by molar-refractivity contribution is -0.128. The van der Waals surface area contributed by atoms with Gasteiger partial charge in [-0.25, -0.2) is 0 Å². The number of nitrogens with zero attached hydrogens (tertiary/aromatic N) is 1. The van der Waals surface area contributed by atoms with Gasteiger partial charge in [0.1, 0.15) is 0 Å². The first-order chi connectivity index (χ1) is 8.45. The lowest BCUT2D eigenvalue weighted by Gasteiger charge is -2.35. The smallest absolute Gasteiger partial charge is 0.225 e. The van der Waals surface area contributed by atoms with E-state index in [-0.39, 0.29) is 11.3 Å². The predicted molar refractivity (Wildman–Crippen MR) is 76.6 cm³/mol. The van der Waals surface area contributed by atoms with E-state index in [1.807, 2.05) is 20.8 Å². The van der Waals surface area contributed by atoms with Crippen LogP contribution in [-0.2, 0) is 4.79 Å². The summed E-state index contributed by atoms with van der Waals surface area (Å²) in [6, 6.07) is 0.775. The average molecular weight is 254 g/mol. The van der Waals surface area contributed by atoms with Crippen molar-refractivity contribution in [3.63, 3.8) is 0 Å². The molecule has 1 aliphatic rings. The number of amides is 1. The van der Waals surface area contributed by atoms with Crippen LogP contribution in [0.4, 0.5) is 0 Å². The Labute approximate surface area is 112 Å². The van der Waals surface area contributed by atoms with Gasteiger partial charge in [0, 0.05) is 24.5 Å². The van der Waals surface area contributed by atoms with Gasteiger partial charge in [0.05, 0.1) is 0 Å². The summed E-state index contributed by atoms with van der Waals surface area (Å²) in [5.41, 5.74) is -0.267. The van der Waals surface area contributed by atoms with Gasteiger partial charge in [0.15, 0.2) is 0 Å². The molecule has 1 rings (SSSR count). The van der Waals surface area contributed by atoms with Gasteiger partial charge in [-0.05, 0) is 32.2 Å². The van der Waals surface area contributed by atoms with Crippen LogP contribution in [0.3, 0.4) is 0 Å². The fourth-order valence-corrected chi connectivity index (χ4v) is 2.57. The number of carbonyl (C=O) groups is 1. The van der Waals surface area contributed by atoms with Crippen molar-refractivity contribution in [2.24, 2.45) is 5.41 Å². The quantitative estimate of drug-likeness (QED) is 0.765. The van der Waals surface area contributed by atoms with Crippen LogP contribution in [0.2, 0.25) is 0 Å². The summed E-state index contributed by atoms with van der Waals surface area (Å²) in [4.78, 5) is 14.3. The van der Waals surface area contributed by atoms with Crippen molar-refractivity contribution in [2.75, 3.05) is 19.6 Å². The zero-order valence-corrected chi connectivity index (χ0v) is 12.6. The molecule has 1 N–H and O–H groups in total. The van der Waals surface area contributed by atoms with Crippen LogP contribution in [0.5, 0.6) is 0 Å². The van der Waals surface area contributed by atoms with Crippen molar-refractivity contribution >= 4 is 5.91 Å². The Morgan fingerprint density at radius 3 is 2.67 bits per heavy atom. The van der Waals surface area contributed by atoms with Crippen molar-refractivity contribution in [1.29, 1.82) is 0 Å². The van der Waals surface area contributed by atoms with Crippen LogP contribution in [0.1, 0.15) is 59.8 Å². The maximum absolute atomic E-state index is 11.7. The fraction of sp³-hybridized carbons (Fsp3) is 0.933. The molecule has 0 aromatic heterocycles. The van der Waals surface area contributed by atoms with Crippen LogP contribution in [0.15, 0.2) is 0 Å². The Hall–Kier alpha value is -0.570. The molecule has 3 heteroatoms. The molecule has 1 atom stereocenters. The van der Waals surface area contributed by atoms with Crippen molar-refractivity contribution in [2.45, 2.75) is 65.8 Å². The largest absolute Gasteiger partial charge is 0.356 e. The van der Waals surface area contributed by atoms with Crippen molar-refractivity contribution in [1.82, 2.24) is 10.2 Å².